The highest BCUT2D eigenvalue weighted by atomic mass is 35.5. The van der Waals surface area contributed by atoms with Gasteiger partial charge in [0.2, 0.25) is 0 Å². The number of nitrogens with zero attached hydrogens (tertiary/aromatic N) is 1. The fourth-order valence-electron chi connectivity index (χ4n) is 2.41. The summed E-state index contributed by atoms with van der Waals surface area (Å²) in [5, 5.41) is 1.09. The van der Waals surface area contributed by atoms with Gasteiger partial charge in [-0.05, 0) is 42.2 Å². The number of hydrogen-bond donors (Lipinski definition) is 0. The second-order valence-corrected chi connectivity index (χ2v) is 6.28. The van der Waals surface area contributed by atoms with E-state index >= 15 is 0 Å². The minimum atomic E-state index is -0.787. The zero-order valence-corrected chi connectivity index (χ0v) is 12.9. The first kappa shape index (κ1) is 13.9. The highest BCUT2D eigenvalue weighted by Crippen LogP contribution is 2.42. The summed E-state index contributed by atoms with van der Waals surface area (Å²) in [7, 11) is 0. The van der Waals surface area contributed by atoms with E-state index < -0.39 is 4.87 Å². The molecule has 0 fully saturated rings. The molecule has 1 unspecified atom stereocenters. The zero-order chi connectivity index (χ0) is 14.2. The average Bonchev–Trinajstić information content (AvgIpc) is 2.58. The number of alkyl halides is 1. The molecule has 4 heteroatoms. The van der Waals surface area contributed by atoms with Crippen molar-refractivity contribution in [2.45, 2.75) is 17.7 Å². The maximum absolute atomic E-state index is 6.79. The third-order valence-corrected chi connectivity index (χ3v) is 4.92. The van der Waals surface area contributed by atoms with Crippen LogP contribution < -0.4 is 0 Å². The lowest BCUT2D eigenvalue weighted by atomic mass is 9.93. The molecule has 0 spiro atoms. The molecule has 0 saturated heterocycles. The SMILES string of the molecule is ClC1=Nc2ccccc2CCC1(Cl)c1ccc(Cl)cc1. The van der Waals surface area contributed by atoms with Gasteiger partial charge in [-0.1, -0.05) is 53.5 Å². The Morgan fingerprint density at radius 3 is 2.40 bits per heavy atom. The van der Waals surface area contributed by atoms with Gasteiger partial charge < -0.3 is 0 Å². The summed E-state index contributed by atoms with van der Waals surface area (Å²) < 4.78 is 0. The lowest BCUT2D eigenvalue weighted by Crippen LogP contribution is -2.26. The standard InChI is InChI=1S/C16H12Cl3N/c17-13-7-5-12(6-8-13)16(19)10-9-11-3-1-2-4-14(11)20-15(16)18/h1-8H,9-10H2. The van der Waals surface area contributed by atoms with E-state index in [0.717, 1.165) is 17.7 Å². The normalized spacial score (nSPS) is 21.9. The van der Waals surface area contributed by atoms with E-state index in [9.17, 15) is 0 Å². The molecule has 3 rings (SSSR count). The summed E-state index contributed by atoms with van der Waals surface area (Å²) in [6, 6.07) is 15.4. The Labute approximate surface area is 133 Å². The lowest BCUT2D eigenvalue weighted by Gasteiger charge is -2.24. The van der Waals surface area contributed by atoms with Crippen molar-refractivity contribution in [2.24, 2.45) is 4.99 Å². The topological polar surface area (TPSA) is 12.4 Å². The lowest BCUT2D eigenvalue weighted by molar-refractivity contribution is 0.717. The molecule has 1 aliphatic heterocycles. The van der Waals surface area contributed by atoms with Crippen LogP contribution in [0.4, 0.5) is 5.69 Å². The van der Waals surface area contributed by atoms with Crippen molar-refractivity contribution in [3.05, 3.63) is 64.7 Å². The predicted octanol–water partition coefficient (Wildman–Crippen LogP) is 5.69. The number of para-hydroxylation sites is 1. The van der Waals surface area contributed by atoms with Crippen molar-refractivity contribution in [3.8, 4) is 0 Å². The molecule has 1 nitrogen and oxygen atoms in total. The van der Waals surface area contributed by atoms with Crippen molar-refractivity contribution >= 4 is 45.7 Å². The predicted molar refractivity (Wildman–Crippen MR) is 86.7 cm³/mol. The number of hydrogen-bond acceptors (Lipinski definition) is 1. The van der Waals surface area contributed by atoms with Crippen LogP contribution in [-0.2, 0) is 11.3 Å². The fraction of sp³-hybridized carbons (Fsp3) is 0.188. The minimum Gasteiger partial charge on any atom is -0.239 e. The summed E-state index contributed by atoms with van der Waals surface area (Å²) >= 11 is 19.1. The summed E-state index contributed by atoms with van der Waals surface area (Å²) in [4.78, 5) is 3.72. The van der Waals surface area contributed by atoms with Gasteiger partial charge >= 0.3 is 0 Å². The van der Waals surface area contributed by atoms with Crippen LogP contribution in [0.2, 0.25) is 5.02 Å². The molecule has 2 aromatic carbocycles. The number of rotatable bonds is 1. The molecule has 102 valence electrons. The summed E-state index contributed by atoms with van der Waals surface area (Å²) in [6.45, 7) is 0. The van der Waals surface area contributed by atoms with E-state index in [1.165, 1.54) is 5.56 Å². The summed E-state index contributed by atoms with van der Waals surface area (Å²) in [6.07, 6.45) is 1.54. The van der Waals surface area contributed by atoms with Gasteiger partial charge in [-0.25, -0.2) is 4.99 Å². The van der Waals surface area contributed by atoms with E-state index in [1.807, 2.05) is 42.5 Å². The maximum atomic E-state index is 6.79. The van der Waals surface area contributed by atoms with Crippen molar-refractivity contribution in [2.75, 3.05) is 0 Å². The molecule has 0 amide bonds. The molecule has 1 atom stereocenters. The van der Waals surface area contributed by atoms with Crippen LogP contribution in [0.15, 0.2) is 53.5 Å². The van der Waals surface area contributed by atoms with Crippen molar-refractivity contribution < 1.29 is 0 Å². The van der Waals surface area contributed by atoms with Crippen molar-refractivity contribution in [3.63, 3.8) is 0 Å². The molecule has 2 aromatic rings. The Hall–Kier alpha value is -1.02. The number of benzene rings is 2. The maximum Gasteiger partial charge on any atom is 0.132 e. The summed E-state index contributed by atoms with van der Waals surface area (Å²) in [5.74, 6) is 0. The quantitative estimate of drug-likeness (QED) is 0.598. The molecule has 1 heterocycles. The van der Waals surface area contributed by atoms with Gasteiger partial charge in [-0.2, -0.15) is 0 Å². The van der Waals surface area contributed by atoms with Crippen LogP contribution in [0, 0.1) is 0 Å². The smallest absolute Gasteiger partial charge is 0.132 e. The molecule has 1 aliphatic rings. The van der Waals surface area contributed by atoms with Crippen LogP contribution in [0.5, 0.6) is 0 Å². The molecule has 20 heavy (non-hydrogen) atoms. The Balaban J connectivity index is 2.06. The van der Waals surface area contributed by atoms with Gasteiger partial charge in [-0.3, -0.25) is 0 Å². The molecule has 0 bridgehead atoms. The molecule has 0 aromatic heterocycles. The highest BCUT2D eigenvalue weighted by Gasteiger charge is 2.36. The highest BCUT2D eigenvalue weighted by molar-refractivity contribution is 6.72. The van der Waals surface area contributed by atoms with E-state index in [2.05, 4.69) is 11.1 Å². The van der Waals surface area contributed by atoms with E-state index in [0.29, 0.717) is 16.6 Å². The Morgan fingerprint density at radius 1 is 0.950 bits per heavy atom. The Kier molecular flexibility index (Phi) is 3.76. The van der Waals surface area contributed by atoms with E-state index in [-0.39, 0.29) is 0 Å². The van der Waals surface area contributed by atoms with Crippen molar-refractivity contribution in [1.82, 2.24) is 0 Å². The van der Waals surface area contributed by atoms with Gasteiger partial charge in [0.05, 0.1) is 5.69 Å². The molecule has 0 N–H and O–H groups in total. The molecule has 0 saturated carbocycles. The Bertz CT molecular complexity index is 664. The van der Waals surface area contributed by atoms with Gasteiger partial charge in [0.1, 0.15) is 10.0 Å². The zero-order valence-electron chi connectivity index (χ0n) is 10.6. The average molecular weight is 325 g/mol. The van der Waals surface area contributed by atoms with Crippen LogP contribution in [0.25, 0.3) is 0 Å². The number of fused-ring (bicyclic) bond motifs is 1. The number of halogens is 3. The van der Waals surface area contributed by atoms with E-state index in [4.69, 9.17) is 34.8 Å². The minimum absolute atomic E-state index is 0.409. The first-order chi connectivity index (χ1) is 9.59. The fourth-order valence-corrected chi connectivity index (χ4v) is 3.10. The summed E-state index contributed by atoms with van der Waals surface area (Å²) in [5.41, 5.74) is 2.99. The number of aryl methyl sites for hydroxylation is 1. The van der Waals surface area contributed by atoms with Crippen LogP contribution in [-0.4, -0.2) is 5.17 Å². The van der Waals surface area contributed by atoms with Gasteiger partial charge in [0.25, 0.3) is 0 Å². The molecular weight excluding hydrogens is 313 g/mol. The van der Waals surface area contributed by atoms with E-state index in [1.54, 1.807) is 0 Å². The van der Waals surface area contributed by atoms with Crippen molar-refractivity contribution in [1.29, 1.82) is 0 Å². The van der Waals surface area contributed by atoms with Gasteiger partial charge in [0, 0.05) is 5.02 Å². The van der Waals surface area contributed by atoms with Crippen LogP contribution in [0.1, 0.15) is 17.5 Å². The third-order valence-electron chi connectivity index (χ3n) is 3.58. The molecular formula is C16H12Cl3N. The van der Waals surface area contributed by atoms with Crippen LogP contribution >= 0.6 is 34.8 Å². The monoisotopic (exact) mass is 323 g/mol. The van der Waals surface area contributed by atoms with Gasteiger partial charge in [0.15, 0.2) is 0 Å². The third kappa shape index (κ3) is 2.46. The second-order valence-electron chi connectivity index (χ2n) is 4.84. The Morgan fingerprint density at radius 2 is 1.65 bits per heavy atom. The first-order valence-corrected chi connectivity index (χ1v) is 7.50. The first-order valence-electron chi connectivity index (χ1n) is 6.37. The number of aliphatic imine (C=N–C) groups is 1. The molecule has 0 aliphatic carbocycles. The largest absolute Gasteiger partial charge is 0.239 e. The molecule has 0 radical (unpaired) electrons. The van der Waals surface area contributed by atoms with Crippen LogP contribution in [0.3, 0.4) is 0 Å². The second kappa shape index (κ2) is 5.40. The van der Waals surface area contributed by atoms with Gasteiger partial charge in [-0.15, -0.1) is 11.6 Å².